The van der Waals surface area contributed by atoms with Gasteiger partial charge in [-0.25, -0.2) is 9.37 Å². The fourth-order valence-corrected chi connectivity index (χ4v) is 2.31. The fourth-order valence-electron chi connectivity index (χ4n) is 2.31. The summed E-state index contributed by atoms with van der Waals surface area (Å²) in [6.45, 7) is 2.15. The normalized spacial score (nSPS) is 10.3. The van der Waals surface area contributed by atoms with Gasteiger partial charge in [-0.05, 0) is 37.3 Å². The van der Waals surface area contributed by atoms with E-state index in [0.717, 1.165) is 11.4 Å². The molecular weight excluding hydrogens is 317 g/mol. The quantitative estimate of drug-likeness (QED) is 0.735. The number of aromatic nitrogens is 1. The lowest BCUT2D eigenvalue weighted by Gasteiger charge is -2.08. The predicted octanol–water partition coefficient (Wildman–Crippen LogP) is 4.20. The Kier molecular flexibility index (Phi) is 5.04. The van der Waals surface area contributed by atoms with Crippen molar-refractivity contribution in [2.75, 3.05) is 5.32 Å². The number of rotatable bonds is 5. The molecule has 0 aliphatic rings. The summed E-state index contributed by atoms with van der Waals surface area (Å²) in [6, 6.07) is 17.7. The van der Waals surface area contributed by atoms with Crippen LogP contribution in [0.15, 0.2) is 66.9 Å². The Morgan fingerprint density at radius 2 is 1.72 bits per heavy atom. The minimum atomic E-state index is -0.342. The first kappa shape index (κ1) is 16.6. The van der Waals surface area contributed by atoms with Crippen LogP contribution in [0.25, 0.3) is 0 Å². The molecule has 0 aliphatic heterocycles. The minimum absolute atomic E-state index is 0.122. The highest BCUT2D eigenvalue weighted by atomic mass is 19.1. The second kappa shape index (κ2) is 7.57. The minimum Gasteiger partial charge on any atom is -0.354 e. The molecule has 0 radical (unpaired) electrons. The van der Waals surface area contributed by atoms with Gasteiger partial charge in [-0.1, -0.05) is 35.9 Å². The van der Waals surface area contributed by atoms with Crippen molar-refractivity contribution >= 4 is 17.3 Å². The molecule has 25 heavy (non-hydrogen) atoms. The van der Waals surface area contributed by atoms with Crippen LogP contribution in [0.4, 0.5) is 15.8 Å². The Labute approximate surface area is 145 Å². The van der Waals surface area contributed by atoms with Gasteiger partial charge in [0.25, 0.3) is 5.91 Å². The summed E-state index contributed by atoms with van der Waals surface area (Å²) >= 11 is 0. The van der Waals surface area contributed by atoms with Gasteiger partial charge in [-0.3, -0.25) is 4.79 Å². The molecule has 0 unspecified atom stereocenters. The molecule has 2 N–H and O–H groups in total. The average Bonchev–Trinajstić information content (AvgIpc) is 2.63. The van der Waals surface area contributed by atoms with Crippen molar-refractivity contribution in [1.29, 1.82) is 0 Å². The molecule has 0 saturated carbocycles. The first-order chi connectivity index (χ1) is 12.1. The summed E-state index contributed by atoms with van der Waals surface area (Å²) in [5.74, 6) is -0.682. The first-order valence-electron chi connectivity index (χ1n) is 7.93. The van der Waals surface area contributed by atoms with Crippen LogP contribution in [0.5, 0.6) is 0 Å². The zero-order valence-electron chi connectivity index (χ0n) is 13.8. The van der Waals surface area contributed by atoms with Gasteiger partial charge in [-0.15, -0.1) is 0 Å². The van der Waals surface area contributed by atoms with Crippen LogP contribution in [0.2, 0.25) is 0 Å². The Balaban J connectivity index is 1.60. The smallest absolute Gasteiger partial charge is 0.270 e. The number of hydrogen-bond donors (Lipinski definition) is 2. The molecule has 0 saturated heterocycles. The van der Waals surface area contributed by atoms with Crippen LogP contribution in [0, 0.1) is 12.7 Å². The van der Waals surface area contributed by atoms with Gasteiger partial charge in [-0.2, -0.15) is 0 Å². The third-order valence-electron chi connectivity index (χ3n) is 3.73. The lowest BCUT2D eigenvalue weighted by Crippen LogP contribution is -2.24. The highest BCUT2D eigenvalue weighted by Gasteiger charge is 2.08. The van der Waals surface area contributed by atoms with Crippen molar-refractivity contribution in [3.63, 3.8) is 0 Å². The van der Waals surface area contributed by atoms with E-state index in [1.54, 1.807) is 36.5 Å². The van der Waals surface area contributed by atoms with Crippen molar-refractivity contribution in [1.82, 2.24) is 10.3 Å². The molecule has 3 rings (SSSR count). The van der Waals surface area contributed by atoms with Gasteiger partial charge in [0, 0.05) is 17.8 Å². The van der Waals surface area contributed by atoms with Crippen LogP contribution in [0.1, 0.15) is 21.6 Å². The molecule has 1 heterocycles. The van der Waals surface area contributed by atoms with E-state index in [0.29, 0.717) is 5.56 Å². The summed E-state index contributed by atoms with van der Waals surface area (Å²) in [5.41, 5.74) is 3.64. The van der Waals surface area contributed by atoms with Crippen LogP contribution in [-0.4, -0.2) is 10.9 Å². The number of aryl methyl sites for hydroxylation is 1. The average molecular weight is 335 g/mol. The predicted molar refractivity (Wildman–Crippen MR) is 96.3 cm³/mol. The second-order valence-electron chi connectivity index (χ2n) is 5.70. The van der Waals surface area contributed by atoms with Crippen LogP contribution < -0.4 is 10.6 Å². The SMILES string of the molecule is Cc1ccc(Nc2ccc(C(=O)NCc3ccccc3F)nc2)cc1. The molecule has 1 amide bonds. The Morgan fingerprint density at radius 1 is 1.00 bits per heavy atom. The van der Waals surface area contributed by atoms with E-state index in [1.807, 2.05) is 31.2 Å². The van der Waals surface area contributed by atoms with Crippen molar-refractivity contribution in [3.8, 4) is 0 Å². The Bertz CT molecular complexity index is 861. The molecule has 5 heteroatoms. The largest absolute Gasteiger partial charge is 0.354 e. The zero-order chi connectivity index (χ0) is 17.6. The topological polar surface area (TPSA) is 54.0 Å². The Morgan fingerprint density at radius 3 is 2.40 bits per heavy atom. The van der Waals surface area contributed by atoms with Crippen LogP contribution in [-0.2, 0) is 6.54 Å². The van der Waals surface area contributed by atoms with E-state index < -0.39 is 0 Å². The second-order valence-corrected chi connectivity index (χ2v) is 5.70. The van der Waals surface area contributed by atoms with E-state index in [2.05, 4.69) is 15.6 Å². The summed E-state index contributed by atoms with van der Waals surface area (Å²) in [7, 11) is 0. The van der Waals surface area contributed by atoms with Gasteiger partial charge in [0.2, 0.25) is 0 Å². The number of anilines is 2. The molecule has 126 valence electrons. The number of benzene rings is 2. The highest BCUT2D eigenvalue weighted by Crippen LogP contribution is 2.16. The standard InChI is InChI=1S/C20H18FN3O/c1-14-6-8-16(9-7-14)24-17-10-11-19(22-13-17)20(25)23-12-15-4-2-3-5-18(15)21/h2-11,13,24H,12H2,1H3,(H,23,25). The molecule has 0 fully saturated rings. The number of halogens is 1. The maximum atomic E-state index is 13.6. The molecule has 0 bridgehead atoms. The van der Waals surface area contributed by atoms with Crippen molar-refractivity contribution < 1.29 is 9.18 Å². The van der Waals surface area contributed by atoms with Crippen molar-refractivity contribution in [2.24, 2.45) is 0 Å². The molecule has 4 nitrogen and oxygen atoms in total. The number of hydrogen-bond acceptors (Lipinski definition) is 3. The van der Waals surface area contributed by atoms with Gasteiger partial charge in [0.15, 0.2) is 0 Å². The number of nitrogens with zero attached hydrogens (tertiary/aromatic N) is 1. The van der Waals surface area contributed by atoms with Gasteiger partial charge in [0.1, 0.15) is 11.5 Å². The monoisotopic (exact) mass is 335 g/mol. The van der Waals surface area contributed by atoms with E-state index in [1.165, 1.54) is 11.6 Å². The molecule has 0 spiro atoms. The summed E-state index contributed by atoms with van der Waals surface area (Å²) in [4.78, 5) is 16.3. The number of carbonyl (C=O) groups excluding carboxylic acids is 1. The van der Waals surface area contributed by atoms with Gasteiger partial charge >= 0.3 is 0 Å². The van der Waals surface area contributed by atoms with Gasteiger partial charge in [0.05, 0.1) is 11.9 Å². The van der Waals surface area contributed by atoms with Crippen LogP contribution >= 0.6 is 0 Å². The summed E-state index contributed by atoms with van der Waals surface area (Å²) in [5, 5.41) is 5.89. The maximum Gasteiger partial charge on any atom is 0.270 e. The molecule has 0 atom stereocenters. The highest BCUT2D eigenvalue weighted by molar-refractivity contribution is 5.92. The maximum absolute atomic E-state index is 13.6. The molecule has 2 aromatic carbocycles. The van der Waals surface area contributed by atoms with Gasteiger partial charge < -0.3 is 10.6 Å². The molecule has 3 aromatic rings. The summed E-state index contributed by atoms with van der Waals surface area (Å²) < 4.78 is 13.6. The van der Waals surface area contributed by atoms with Crippen molar-refractivity contribution in [2.45, 2.75) is 13.5 Å². The number of nitrogens with one attached hydrogen (secondary N) is 2. The van der Waals surface area contributed by atoms with E-state index in [-0.39, 0.29) is 24.0 Å². The first-order valence-corrected chi connectivity index (χ1v) is 7.93. The number of amides is 1. The number of pyridine rings is 1. The van der Waals surface area contributed by atoms with E-state index >= 15 is 0 Å². The molecular formula is C20H18FN3O. The number of carbonyl (C=O) groups is 1. The van der Waals surface area contributed by atoms with Crippen molar-refractivity contribution in [3.05, 3.63) is 89.5 Å². The lowest BCUT2D eigenvalue weighted by atomic mass is 10.2. The van der Waals surface area contributed by atoms with Crippen LogP contribution in [0.3, 0.4) is 0 Å². The third kappa shape index (κ3) is 4.41. The van der Waals surface area contributed by atoms with E-state index in [4.69, 9.17) is 0 Å². The third-order valence-corrected chi connectivity index (χ3v) is 3.73. The Hall–Kier alpha value is -3.21. The zero-order valence-corrected chi connectivity index (χ0v) is 13.8. The molecule has 0 aliphatic carbocycles. The summed E-state index contributed by atoms with van der Waals surface area (Å²) in [6.07, 6.45) is 1.60. The fraction of sp³-hybridized carbons (Fsp3) is 0.100. The lowest BCUT2D eigenvalue weighted by molar-refractivity contribution is 0.0945. The van der Waals surface area contributed by atoms with E-state index in [9.17, 15) is 9.18 Å². The molecule has 1 aromatic heterocycles.